The van der Waals surface area contributed by atoms with Gasteiger partial charge in [0.25, 0.3) is 0 Å². The first-order chi connectivity index (χ1) is 9.06. The summed E-state index contributed by atoms with van der Waals surface area (Å²) < 4.78 is 4.83. The minimum Gasteiger partial charge on any atom is -0.480 e. The quantitative estimate of drug-likeness (QED) is 0.652. The second-order valence-electron chi connectivity index (χ2n) is 3.96. The molecule has 0 unspecified atom stereocenters. The number of hydrogen-bond donors (Lipinski definition) is 1. The largest absolute Gasteiger partial charge is 0.480 e. The van der Waals surface area contributed by atoms with Gasteiger partial charge >= 0.3 is 12.1 Å². The van der Waals surface area contributed by atoms with Crippen LogP contribution in [0.3, 0.4) is 0 Å². The summed E-state index contributed by atoms with van der Waals surface area (Å²) in [6.45, 7) is -0.459. The molecule has 0 atom stereocenters. The average molecular weight is 261 g/mol. The summed E-state index contributed by atoms with van der Waals surface area (Å²) in [5.74, 6) is -1.27. The van der Waals surface area contributed by atoms with E-state index in [-0.39, 0.29) is 18.1 Å². The van der Waals surface area contributed by atoms with E-state index in [1.54, 1.807) is 30.3 Å². The SMILES string of the molecule is O=C(O)CN1CC(=CC(=O)c2ccccc2)OC1=O. The third-order valence-electron chi connectivity index (χ3n) is 2.50. The number of rotatable bonds is 4. The Bertz CT molecular complexity index is 549. The van der Waals surface area contributed by atoms with Gasteiger partial charge in [-0.3, -0.25) is 14.5 Å². The lowest BCUT2D eigenvalue weighted by atomic mass is 10.1. The van der Waals surface area contributed by atoms with E-state index < -0.39 is 18.6 Å². The van der Waals surface area contributed by atoms with E-state index in [1.165, 1.54) is 6.08 Å². The molecule has 1 saturated heterocycles. The molecule has 98 valence electrons. The molecule has 1 aromatic carbocycles. The molecular formula is C13H11NO5. The number of amides is 1. The second kappa shape index (κ2) is 5.34. The van der Waals surface area contributed by atoms with Crippen LogP contribution in [0.25, 0.3) is 0 Å². The number of hydrogen-bond acceptors (Lipinski definition) is 4. The van der Waals surface area contributed by atoms with Gasteiger partial charge in [0, 0.05) is 11.6 Å². The fourth-order valence-corrected chi connectivity index (χ4v) is 1.65. The molecule has 1 fully saturated rings. The van der Waals surface area contributed by atoms with Crippen molar-refractivity contribution in [3.8, 4) is 0 Å². The predicted molar refractivity (Wildman–Crippen MR) is 64.5 cm³/mol. The number of carboxylic acid groups (broad SMARTS) is 1. The van der Waals surface area contributed by atoms with Crippen LogP contribution < -0.4 is 0 Å². The highest BCUT2D eigenvalue weighted by atomic mass is 16.6. The number of allylic oxidation sites excluding steroid dienone is 1. The summed E-state index contributed by atoms with van der Waals surface area (Å²) in [4.78, 5) is 34.7. The van der Waals surface area contributed by atoms with Gasteiger partial charge < -0.3 is 9.84 Å². The zero-order valence-electron chi connectivity index (χ0n) is 9.91. The number of ether oxygens (including phenoxy) is 1. The second-order valence-corrected chi connectivity index (χ2v) is 3.96. The molecule has 0 bridgehead atoms. The zero-order valence-corrected chi connectivity index (χ0v) is 9.91. The summed E-state index contributed by atoms with van der Waals surface area (Å²) in [5, 5.41) is 8.60. The molecule has 0 aromatic heterocycles. The maximum atomic E-state index is 11.8. The summed E-state index contributed by atoms with van der Waals surface area (Å²) in [5.41, 5.74) is 0.475. The molecule has 0 radical (unpaired) electrons. The van der Waals surface area contributed by atoms with Crippen molar-refractivity contribution < 1.29 is 24.2 Å². The van der Waals surface area contributed by atoms with Crippen molar-refractivity contribution >= 4 is 17.8 Å². The van der Waals surface area contributed by atoms with Gasteiger partial charge in [-0.05, 0) is 0 Å². The van der Waals surface area contributed by atoms with Gasteiger partial charge in [0.2, 0.25) is 0 Å². The first-order valence-electron chi connectivity index (χ1n) is 5.55. The van der Waals surface area contributed by atoms with E-state index in [9.17, 15) is 14.4 Å². The maximum Gasteiger partial charge on any atom is 0.415 e. The molecule has 1 aromatic rings. The summed E-state index contributed by atoms with van der Waals surface area (Å²) in [6.07, 6.45) is 0.448. The van der Waals surface area contributed by atoms with E-state index in [1.807, 2.05) is 0 Å². The Morgan fingerprint density at radius 3 is 2.63 bits per heavy atom. The highest BCUT2D eigenvalue weighted by molar-refractivity contribution is 6.05. The van der Waals surface area contributed by atoms with E-state index in [4.69, 9.17) is 9.84 Å². The molecule has 1 aliphatic rings. The molecule has 1 heterocycles. The van der Waals surface area contributed by atoms with Crippen LogP contribution in [0.4, 0.5) is 4.79 Å². The molecule has 19 heavy (non-hydrogen) atoms. The lowest BCUT2D eigenvalue weighted by Gasteiger charge is -2.06. The summed E-state index contributed by atoms with van der Waals surface area (Å²) >= 11 is 0. The number of nitrogens with zero attached hydrogens (tertiary/aromatic N) is 1. The molecule has 2 rings (SSSR count). The standard InChI is InChI=1S/C13H11NO5/c15-11(9-4-2-1-3-5-9)6-10-7-14(8-12(16)17)13(18)19-10/h1-6H,7-8H2,(H,16,17). The van der Waals surface area contributed by atoms with E-state index >= 15 is 0 Å². The van der Waals surface area contributed by atoms with Crippen molar-refractivity contribution in [1.29, 1.82) is 0 Å². The van der Waals surface area contributed by atoms with Crippen LogP contribution in [0.15, 0.2) is 42.2 Å². The number of ketones is 1. The van der Waals surface area contributed by atoms with Gasteiger partial charge in [-0.15, -0.1) is 0 Å². The van der Waals surface area contributed by atoms with Crippen molar-refractivity contribution in [2.24, 2.45) is 0 Å². The number of carboxylic acids is 1. The molecule has 0 spiro atoms. The van der Waals surface area contributed by atoms with E-state index in [0.717, 1.165) is 4.90 Å². The van der Waals surface area contributed by atoms with E-state index in [0.29, 0.717) is 5.56 Å². The monoisotopic (exact) mass is 261 g/mol. The number of cyclic esters (lactones) is 1. The van der Waals surface area contributed by atoms with Crippen LogP contribution in [-0.2, 0) is 9.53 Å². The average Bonchev–Trinajstić information content (AvgIpc) is 2.70. The van der Waals surface area contributed by atoms with E-state index in [2.05, 4.69) is 0 Å². The lowest BCUT2D eigenvalue weighted by molar-refractivity contribution is -0.137. The smallest absolute Gasteiger partial charge is 0.415 e. The normalized spacial score (nSPS) is 16.5. The van der Waals surface area contributed by atoms with Gasteiger partial charge in [0.05, 0.1) is 6.54 Å². The van der Waals surface area contributed by atoms with Crippen LogP contribution in [0.2, 0.25) is 0 Å². The van der Waals surface area contributed by atoms with Crippen LogP contribution in [0.1, 0.15) is 10.4 Å². The Hall–Kier alpha value is -2.63. The Morgan fingerprint density at radius 2 is 2.00 bits per heavy atom. The van der Waals surface area contributed by atoms with Crippen molar-refractivity contribution in [3.63, 3.8) is 0 Å². The molecule has 0 aliphatic carbocycles. The van der Waals surface area contributed by atoms with Crippen LogP contribution >= 0.6 is 0 Å². The Balaban J connectivity index is 2.08. The van der Waals surface area contributed by atoms with Crippen molar-refractivity contribution in [2.45, 2.75) is 0 Å². The highest BCUT2D eigenvalue weighted by Crippen LogP contribution is 2.15. The third-order valence-corrected chi connectivity index (χ3v) is 2.50. The maximum absolute atomic E-state index is 11.8. The van der Waals surface area contributed by atoms with Gasteiger partial charge in [-0.1, -0.05) is 30.3 Å². The fraction of sp³-hybridized carbons (Fsp3) is 0.154. The minimum absolute atomic E-state index is 0.0102. The summed E-state index contributed by atoms with van der Waals surface area (Å²) in [6, 6.07) is 8.52. The molecule has 6 heteroatoms. The molecular weight excluding hydrogens is 250 g/mol. The number of carbonyl (C=O) groups excluding carboxylic acids is 2. The predicted octanol–water partition coefficient (Wildman–Crippen LogP) is 1.29. The molecule has 1 aliphatic heterocycles. The topological polar surface area (TPSA) is 83.9 Å². The molecule has 1 N–H and O–H groups in total. The van der Waals surface area contributed by atoms with Crippen LogP contribution in [0, 0.1) is 0 Å². The number of aliphatic carboxylic acids is 1. The molecule has 1 amide bonds. The van der Waals surface area contributed by atoms with Crippen molar-refractivity contribution in [2.75, 3.05) is 13.1 Å². The van der Waals surface area contributed by atoms with Crippen molar-refractivity contribution in [3.05, 3.63) is 47.7 Å². The lowest BCUT2D eigenvalue weighted by Crippen LogP contribution is -2.30. The minimum atomic E-state index is -1.13. The number of benzene rings is 1. The van der Waals surface area contributed by atoms with Gasteiger partial charge in [0.15, 0.2) is 5.78 Å². The first kappa shape index (κ1) is 12.8. The fourth-order valence-electron chi connectivity index (χ4n) is 1.65. The van der Waals surface area contributed by atoms with Crippen LogP contribution in [0.5, 0.6) is 0 Å². The third kappa shape index (κ3) is 3.19. The molecule has 0 saturated carbocycles. The van der Waals surface area contributed by atoms with Gasteiger partial charge in [-0.25, -0.2) is 4.79 Å². The van der Waals surface area contributed by atoms with Gasteiger partial charge in [0.1, 0.15) is 12.3 Å². The van der Waals surface area contributed by atoms with Crippen LogP contribution in [-0.4, -0.2) is 40.9 Å². The zero-order chi connectivity index (χ0) is 13.8. The Kier molecular flexibility index (Phi) is 3.61. The Morgan fingerprint density at radius 1 is 1.32 bits per heavy atom. The first-order valence-corrected chi connectivity index (χ1v) is 5.55. The number of carbonyl (C=O) groups is 3. The van der Waals surface area contributed by atoms with Gasteiger partial charge in [-0.2, -0.15) is 0 Å². The summed E-state index contributed by atoms with van der Waals surface area (Å²) in [7, 11) is 0. The Labute approximate surface area is 108 Å². The molecule has 6 nitrogen and oxygen atoms in total. The van der Waals surface area contributed by atoms with Crippen molar-refractivity contribution in [1.82, 2.24) is 4.90 Å². The highest BCUT2D eigenvalue weighted by Gasteiger charge is 2.28.